The zero-order valence-corrected chi connectivity index (χ0v) is 16.3. The van der Waals surface area contributed by atoms with E-state index in [9.17, 15) is 13.2 Å². The number of hydrogen-bond acceptors (Lipinski definition) is 7. The lowest BCUT2D eigenvalue weighted by Crippen LogP contribution is -2.33. The van der Waals surface area contributed by atoms with Gasteiger partial charge in [-0.25, -0.2) is 4.98 Å². The minimum Gasteiger partial charge on any atom is -0.454 e. The number of benzene rings is 2. The van der Waals surface area contributed by atoms with E-state index in [0.717, 1.165) is 5.56 Å². The van der Waals surface area contributed by atoms with E-state index < -0.39 is 16.0 Å². The number of oxazole rings is 1. The first-order chi connectivity index (χ1) is 13.9. The molecule has 29 heavy (non-hydrogen) atoms. The molecule has 0 N–H and O–H groups in total. The fourth-order valence-corrected chi connectivity index (χ4v) is 4.18. The van der Waals surface area contributed by atoms with E-state index in [4.69, 9.17) is 9.15 Å². The Bertz CT molecular complexity index is 1190. The lowest BCUT2D eigenvalue weighted by atomic mass is 10.2. The van der Waals surface area contributed by atoms with Crippen LogP contribution in [0, 0.1) is 0 Å². The van der Waals surface area contributed by atoms with Gasteiger partial charge in [-0.3, -0.25) is 4.79 Å². The van der Waals surface area contributed by atoms with Crippen LogP contribution in [0.5, 0.6) is 0 Å². The number of nitrogens with zero attached hydrogens (tertiary/aromatic N) is 3. The number of ether oxygens (including phenoxy) is 1. The Morgan fingerprint density at radius 1 is 1.10 bits per heavy atom. The maximum atomic E-state index is 12.2. The van der Waals surface area contributed by atoms with Gasteiger partial charge in [0, 0.05) is 18.2 Å². The Balaban J connectivity index is 1.38. The number of carbonyl (C=O) groups is 1. The van der Waals surface area contributed by atoms with Crippen molar-refractivity contribution >= 4 is 21.8 Å². The van der Waals surface area contributed by atoms with Crippen LogP contribution in [0.2, 0.25) is 0 Å². The van der Waals surface area contributed by atoms with Crippen LogP contribution in [-0.2, 0) is 26.2 Å². The van der Waals surface area contributed by atoms with Crippen molar-refractivity contribution in [2.45, 2.75) is 11.5 Å². The normalized spacial score (nSPS) is 14.2. The molecule has 0 unspecified atom stereocenters. The monoisotopic (exact) mass is 411 g/mol. The SMILES string of the molecule is CN(CC(=O)OCc1ncc(-c2ccccc2)o1)C1=NS(=O)(=O)c2ccccc21. The molecule has 2 aromatic carbocycles. The minimum atomic E-state index is -3.75. The van der Waals surface area contributed by atoms with Gasteiger partial charge in [-0.15, -0.1) is 4.40 Å². The number of amidine groups is 1. The van der Waals surface area contributed by atoms with E-state index in [2.05, 4.69) is 9.38 Å². The highest BCUT2D eigenvalue weighted by Gasteiger charge is 2.31. The average Bonchev–Trinajstić information content (AvgIpc) is 3.30. The molecule has 0 spiro atoms. The summed E-state index contributed by atoms with van der Waals surface area (Å²) in [5.41, 5.74) is 1.33. The highest BCUT2D eigenvalue weighted by Crippen LogP contribution is 2.27. The third-order valence-corrected chi connectivity index (χ3v) is 5.63. The van der Waals surface area contributed by atoms with Gasteiger partial charge in [-0.1, -0.05) is 42.5 Å². The van der Waals surface area contributed by atoms with E-state index in [1.807, 2.05) is 30.3 Å². The number of esters is 1. The van der Waals surface area contributed by atoms with Gasteiger partial charge in [0.15, 0.2) is 18.2 Å². The van der Waals surface area contributed by atoms with Crippen molar-refractivity contribution < 1.29 is 22.4 Å². The molecule has 4 rings (SSSR count). The number of sulfonamides is 1. The van der Waals surface area contributed by atoms with Crippen molar-refractivity contribution in [1.29, 1.82) is 0 Å². The molecule has 1 aromatic heterocycles. The largest absolute Gasteiger partial charge is 0.454 e. The summed E-state index contributed by atoms with van der Waals surface area (Å²) in [6.07, 6.45) is 1.57. The number of aromatic nitrogens is 1. The second-order valence-corrected chi connectivity index (χ2v) is 7.96. The van der Waals surface area contributed by atoms with Crippen LogP contribution in [0.4, 0.5) is 0 Å². The van der Waals surface area contributed by atoms with Gasteiger partial charge in [-0.2, -0.15) is 8.42 Å². The third-order valence-electron chi connectivity index (χ3n) is 4.31. The fraction of sp³-hybridized carbons (Fsp3) is 0.150. The average molecular weight is 411 g/mol. The number of rotatable bonds is 5. The van der Waals surface area contributed by atoms with E-state index in [0.29, 0.717) is 11.3 Å². The summed E-state index contributed by atoms with van der Waals surface area (Å²) in [5.74, 6) is 0.498. The van der Waals surface area contributed by atoms with Gasteiger partial charge in [0.25, 0.3) is 10.0 Å². The van der Waals surface area contributed by atoms with E-state index in [1.54, 1.807) is 31.4 Å². The summed E-state index contributed by atoms with van der Waals surface area (Å²) < 4.78 is 38.8. The highest BCUT2D eigenvalue weighted by atomic mass is 32.2. The number of fused-ring (bicyclic) bond motifs is 1. The molecular formula is C20H17N3O5S. The summed E-state index contributed by atoms with van der Waals surface area (Å²) in [6.45, 7) is -0.296. The van der Waals surface area contributed by atoms with Crippen LogP contribution in [-0.4, -0.2) is 43.7 Å². The van der Waals surface area contributed by atoms with Gasteiger partial charge in [0.2, 0.25) is 5.89 Å². The van der Waals surface area contributed by atoms with Crippen LogP contribution in [0.1, 0.15) is 11.5 Å². The van der Waals surface area contributed by atoms with Gasteiger partial charge in [0.05, 0.1) is 6.20 Å². The smallest absolute Gasteiger partial charge is 0.326 e. The molecule has 9 heteroatoms. The lowest BCUT2D eigenvalue weighted by Gasteiger charge is -2.17. The molecule has 0 radical (unpaired) electrons. The quantitative estimate of drug-likeness (QED) is 0.594. The van der Waals surface area contributed by atoms with Crippen molar-refractivity contribution in [1.82, 2.24) is 9.88 Å². The number of hydrogen-bond donors (Lipinski definition) is 0. The molecule has 2 heterocycles. The molecule has 8 nitrogen and oxygen atoms in total. The predicted octanol–water partition coefficient (Wildman–Crippen LogP) is 2.47. The Morgan fingerprint density at radius 3 is 2.62 bits per heavy atom. The Labute approximate surface area is 167 Å². The van der Waals surface area contributed by atoms with E-state index >= 15 is 0 Å². The van der Waals surface area contributed by atoms with Crippen LogP contribution >= 0.6 is 0 Å². The number of carbonyl (C=O) groups excluding carboxylic acids is 1. The molecule has 1 aliphatic heterocycles. The molecule has 3 aromatic rings. The second kappa shape index (κ2) is 7.51. The maximum Gasteiger partial charge on any atom is 0.326 e. The lowest BCUT2D eigenvalue weighted by molar-refractivity contribution is -0.145. The summed E-state index contributed by atoms with van der Waals surface area (Å²) in [5, 5.41) is 0. The molecule has 0 bridgehead atoms. The first-order valence-electron chi connectivity index (χ1n) is 8.75. The summed E-state index contributed by atoms with van der Waals surface area (Å²) in [4.78, 5) is 17.9. The van der Waals surface area contributed by atoms with Crippen LogP contribution in [0.3, 0.4) is 0 Å². The van der Waals surface area contributed by atoms with Crippen molar-refractivity contribution in [3.8, 4) is 11.3 Å². The van der Waals surface area contributed by atoms with Crippen LogP contribution in [0.15, 0.2) is 74.5 Å². The van der Waals surface area contributed by atoms with Crippen LogP contribution < -0.4 is 0 Å². The zero-order valence-electron chi connectivity index (χ0n) is 15.5. The van der Waals surface area contributed by atoms with Crippen molar-refractivity contribution in [3.63, 3.8) is 0 Å². The minimum absolute atomic E-state index is 0.124. The van der Waals surface area contributed by atoms with Gasteiger partial charge in [0.1, 0.15) is 11.4 Å². The molecule has 1 aliphatic rings. The van der Waals surface area contributed by atoms with Crippen LogP contribution in [0.25, 0.3) is 11.3 Å². The molecule has 0 amide bonds. The molecule has 0 aliphatic carbocycles. The van der Waals surface area contributed by atoms with Gasteiger partial charge in [-0.05, 0) is 12.1 Å². The van der Waals surface area contributed by atoms with E-state index in [1.165, 1.54) is 11.0 Å². The topological polar surface area (TPSA) is 102 Å². The molecule has 0 atom stereocenters. The number of likely N-dealkylation sites (N-methyl/N-ethyl adjacent to an activating group) is 1. The highest BCUT2D eigenvalue weighted by molar-refractivity contribution is 7.90. The van der Waals surface area contributed by atoms with Crippen molar-refractivity contribution in [2.75, 3.05) is 13.6 Å². The van der Waals surface area contributed by atoms with E-state index in [-0.39, 0.29) is 29.8 Å². The molecule has 148 valence electrons. The Kier molecular flexibility index (Phi) is 4.89. The first kappa shape index (κ1) is 18.9. The zero-order chi connectivity index (χ0) is 20.4. The van der Waals surface area contributed by atoms with Crippen molar-refractivity contribution in [3.05, 3.63) is 72.2 Å². The van der Waals surface area contributed by atoms with Gasteiger partial charge < -0.3 is 14.1 Å². The van der Waals surface area contributed by atoms with Gasteiger partial charge >= 0.3 is 5.97 Å². The Morgan fingerprint density at radius 2 is 1.83 bits per heavy atom. The molecule has 0 fully saturated rings. The summed E-state index contributed by atoms with van der Waals surface area (Å²) in [7, 11) is -2.17. The molecular weight excluding hydrogens is 394 g/mol. The molecule has 0 saturated carbocycles. The second-order valence-electron chi connectivity index (χ2n) is 6.39. The fourth-order valence-electron chi connectivity index (χ4n) is 2.93. The Hall–Kier alpha value is -3.46. The summed E-state index contributed by atoms with van der Waals surface area (Å²) in [6, 6.07) is 15.9. The predicted molar refractivity (Wildman–Crippen MR) is 105 cm³/mol. The first-order valence-corrected chi connectivity index (χ1v) is 10.2. The molecule has 0 saturated heterocycles. The van der Waals surface area contributed by atoms with Crippen molar-refractivity contribution in [2.24, 2.45) is 4.40 Å². The third kappa shape index (κ3) is 3.90. The maximum absolute atomic E-state index is 12.2. The standard InChI is InChI=1S/C20H17N3O5S/c1-23(20-15-9-5-6-10-17(15)29(25,26)22-20)12-19(24)27-13-18-21-11-16(28-18)14-7-3-2-4-8-14/h2-11H,12-13H2,1H3. The summed E-state index contributed by atoms with van der Waals surface area (Å²) >= 11 is 0.